The lowest BCUT2D eigenvalue weighted by molar-refractivity contribution is 0.745. The molecule has 0 saturated heterocycles. The van der Waals surface area contributed by atoms with Gasteiger partial charge in [-0.2, -0.15) is 0 Å². The van der Waals surface area contributed by atoms with E-state index in [1.807, 2.05) is 18.5 Å². The summed E-state index contributed by atoms with van der Waals surface area (Å²) in [7, 11) is 0. The summed E-state index contributed by atoms with van der Waals surface area (Å²) < 4.78 is 0. The van der Waals surface area contributed by atoms with Crippen LogP contribution in [0.2, 0.25) is 0 Å². The smallest absolute Gasteiger partial charge is 0.0270 e. The van der Waals surface area contributed by atoms with Crippen LogP contribution in [-0.4, -0.2) is 18.1 Å². The summed E-state index contributed by atoms with van der Waals surface area (Å²) in [6, 6.07) is 14.5. The summed E-state index contributed by atoms with van der Waals surface area (Å²) >= 11 is 0. The minimum atomic E-state index is 0.903. The molecule has 0 atom stereocenters. The Kier molecular flexibility index (Phi) is 5.15. The van der Waals surface area contributed by atoms with Crippen molar-refractivity contribution < 1.29 is 0 Å². The van der Waals surface area contributed by atoms with Crippen molar-refractivity contribution in [1.82, 2.24) is 10.3 Å². The van der Waals surface area contributed by atoms with Crippen molar-refractivity contribution in [2.24, 2.45) is 0 Å². The van der Waals surface area contributed by atoms with E-state index in [4.69, 9.17) is 0 Å². The number of aromatic nitrogens is 1. The molecule has 0 radical (unpaired) electrons. The third kappa shape index (κ3) is 4.52. The van der Waals surface area contributed by atoms with Gasteiger partial charge in [0.2, 0.25) is 0 Å². The van der Waals surface area contributed by atoms with Gasteiger partial charge in [0.25, 0.3) is 0 Å². The average Bonchev–Trinajstić information content (AvgIpc) is 2.45. The van der Waals surface area contributed by atoms with Crippen molar-refractivity contribution in [3.8, 4) is 0 Å². The largest absolute Gasteiger partial charge is 0.313 e. The molecule has 92 valence electrons. The van der Waals surface area contributed by atoms with Gasteiger partial charge in [-0.25, -0.2) is 0 Å². The van der Waals surface area contributed by atoms with E-state index in [2.05, 4.69) is 58.9 Å². The Balaban J connectivity index is 1.63. The molecule has 0 amide bonds. The van der Waals surface area contributed by atoms with Crippen LogP contribution in [0.4, 0.5) is 0 Å². The first-order valence-corrected chi connectivity index (χ1v) is 6.26. The highest BCUT2D eigenvalue weighted by Crippen LogP contribution is 2.00. The summed E-state index contributed by atoms with van der Waals surface area (Å²) in [6.45, 7) is 1.89. The second kappa shape index (κ2) is 7.41. The maximum Gasteiger partial charge on any atom is 0.0270 e. The predicted octanol–water partition coefficient (Wildman–Crippen LogP) is 2.93. The van der Waals surface area contributed by atoms with Gasteiger partial charge in [0.15, 0.2) is 0 Å². The van der Waals surface area contributed by atoms with Crippen molar-refractivity contribution in [2.45, 2.75) is 6.42 Å². The Labute approximate surface area is 108 Å². The minimum Gasteiger partial charge on any atom is -0.313 e. The molecule has 0 unspecified atom stereocenters. The van der Waals surface area contributed by atoms with Crippen LogP contribution in [0.1, 0.15) is 11.1 Å². The first-order valence-electron chi connectivity index (χ1n) is 6.26. The second-order valence-corrected chi connectivity index (χ2v) is 4.12. The van der Waals surface area contributed by atoms with Crippen LogP contribution < -0.4 is 5.32 Å². The molecule has 0 aliphatic heterocycles. The molecule has 18 heavy (non-hydrogen) atoms. The highest BCUT2D eigenvalue weighted by molar-refractivity contribution is 5.48. The molecule has 1 aromatic heterocycles. The van der Waals surface area contributed by atoms with Gasteiger partial charge >= 0.3 is 0 Å². The zero-order chi connectivity index (χ0) is 12.5. The second-order valence-electron chi connectivity index (χ2n) is 4.12. The maximum absolute atomic E-state index is 4.01. The highest BCUT2D eigenvalue weighted by Gasteiger charge is 1.90. The maximum atomic E-state index is 4.01. The summed E-state index contributed by atoms with van der Waals surface area (Å²) in [6.07, 6.45) is 9.01. The van der Waals surface area contributed by atoms with E-state index in [9.17, 15) is 0 Å². The van der Waals surface area contributed by atoms with Gasteiger partial charge in [-0.3, -0.25) is 4.98 Å². The molecule has 2 rings (SSSR count). The zero-order valence-corrected chi connectivity index (χ0v) is 10.4. The van der Waals surface area contributed by atoms with Crippen molar-refractivity contribution >= 4 is 6.08 Å². The van der Waals surface area contributed by atoms with E-state index in [-0.39, 0.29) is 0 Å². The lowest BCUT2D eigenvalue weighted by atomic mass is 10.2. The lowest BCUT2D eigenvalue weighted by Crippen LogP contribution is -2.16. The molecule has 0 saturated carbocycles. The fraction of sp³-hybridized carbons (Fsp3) is 0.188. The van der Waals surface area contributed by atoms with Gasteiger partial charge in [-0.15, -0.1) is 0 Å². The Morgan fingerprint density at radius 3 is 2.56 bits per heavy atom. The summed E-state index contributed by atoms with van der Waals surface area (Å²) in [5, 5.41) is 3.40. The zero-order valence-electron chi connectivity index (χ0n) is 10.4. The van der Waals surface area contributed by atoms with E-state index in [1.165, 1.54) is 11.1 Å². The molecule has 0 fully saturated rings. The molecule has 1 N–H and O–H groups in total. The van der Waals surface area contributed by atoms with Gasteiger partial charge in [0.1, 0.15) is 0 Å². The molecule has 0 aliphatic carbocycles. The number of rotatable bonds is 6. The van der Waals surface area contributed by atoms with Gasteiger partial charge in [0.05, 0.1) is 0 Å². The highest BCUT2D eigenvalue weighted by atomic mass is 14.8. The number of nitrogens with one attached hydrogen (secondary N) is 1. The number of nitrogens with zero attached hydrogens (tertiary/aromatic N) is 1. The number of pyridine rings is 1. The van der Waals surface area contributed by atoms with E-state index >= 15 is 0 Å². The number of benzene rings is 1. The van der Waals surface area contributed by atoms with Crippen LogP contribution in [0.15, 0.2) is 60.9 Å². The van der Waals surface area contributed by atoms with Crippen molar-refractivity contribution in [3.05, 3.63) is 72.1 Å². The molecule has 2 nitrogen and oxygen atoms in total. The monoisotopic (exact) mass is 238 g/mol. The minimum absolute atomic E-state index is 0.903. The summed E-state index contributed by atoms with van der Waals surface area (Å²) in [5.41, 5.74) is 2.57. The van der Waals surface area contributed by atoms with Crippen LogP contribution in [-0.2, 0) is 6.42 Å². The Hall–Kier alpha value is -1.93. The lowest BCUT2D eigenvalue weighted by Gasteiger charge is -2.01. The van der Waals surface area contributed by atoms with Gasteiger partial charge < -0.3 is 5.32 Å². The van der Waals surface area contributed by atoms with Crippen molar-refractivity contribution in [3.63, 3.8) is 0 Å². The Morgan fingerprint density at radius 2 is 1.78 bits per heavy atom. The third-order valence-corrected chi connectivity index (χ3v) is 2.71. The number of hydrogen-bond acceptors (Lipinski definition) is 2. The molecule has 0 aliphatic rings. The van der Waals surface area contributed by atoms with E-state index in [0.717, 1.165) is 19.5 Å². The Bertz CT molecular complexity index is 463. The predicted molar refractivity (Wildman–Crippen MR) is 76.3 cm³/mol. The quantitative estimate of drug-likeness (QED) is 0.783. The standard InChI is InChI=1S/C16H18N2/c1-2-5-15(6-3-1)7-4-11-17-12-8-16-9-13-18-14-10-16/h1-7,9-10,13-14,17H,8,11-12H2. The van der Waals surface area contributed by atoms with Gasteiger partial charge in [0, 0.05) is 18.9 Å². The van der Waals surface area contributed by atoms with Crippen LogP contribution in [0.25, 0.3) is 6.08 Å². The molecule has 1 aromatic carbocycles. The van der Waals surface area contributed by atoms with Crippen LogP contribution in [0, 0.1) is 0 Å². The normalized spacial score (nSPS) is 10.9. The average molecular weight is 238 g/mol. The van der Waals surface area contributed by atoms with E-state index in [1.54, 1.807) is 0 Å². The van der Waals surface area contributed by atoms with Crippen LogP contribution in [0.5, 0.6) is 0 Å². The summed E-state index contributed by atoms with van der Waals surface area (Å²) in [4.78, 5) is 4.01. The third-order valence-electron chi connectivity index (χ3n) is 2.71. The fourth-order valence-corrected chi connectivity index (χ4v) is 1.73. The topological polar surface area (TPSA) is 24.9 Å². The van der Waals surface area contributed by atoms with Gasteiger partial charge in [-0.1, -0.05) is 42.5 Å². The molecule has 0 spiro atoms. The van der Waals surface area contributed by atoms with Crippen molar-refractivity contribution in [1.29, 1.82) is 0 Å². The van der Waals surface area contributed by atoms with E-state index < -0.39 is 0 Å². The van der Waals surface area contributed by atoms with Gasteiger partial charge in [-0.05, 0) is 36.2 Å². The molecule has 0 bridgehead atoms. The fourth-order valence-electron chi connectivity index (χ4n) is 1.73. The molecular weight excluding hydrogens is 220 g/mol. The molecule has 1 heterocycles. The molecular formula is C16H18N2. The first kappa shape index (κ1) is 12.5. The number of hydrogen-bond donors (Lipinski definition) is 1. The SMILES string of the molecule is C(=Cc1ccccc1)CNCCc1ccncc1. The Morgan fingerprint density at radius 1 is 1.00 bits per heavy atom. The molecule has 2 aromatic rings. The van der Waals surface area contributed by atoms with Crippen LogP contribution >= 0.6 is 0 Å². The van der Waals surface area contributed by atoms with Crippen molar-refractivity contribution in [2.75, 3.05) is 13.1 Å². The molecule has 2 heteroatoms. The van der Waals surface area contributed by atoms with E-state index in [0.29, 0.717) is 0 Å². The first-order chi connectivity index (χ1) is 8.95. The summed E-state index contributed by atoms with van der Waals surface area (Å²) in [5.74, 6) is 0. The van der Waals surface area contributed by atoms with Crippen LogP contribution in [0.3, 0.4) is 0 Å².